The van der Waals surface area contributed by atoms with Gasteiger partial charge in [-0.3, -0.25) is 4.79 Å². The maximum Gasteiger partial charge on any atom is 0.355 e. The van der Waals surface area contributed by atoms with Crippen LogP contribution in [0.4, 0.5) is 0 Å². The molecule has 0 amide bonds. The normalized spacial score (nSPS) is 9.88. The Morgan fingerprint density at radius 2 is 2.06 bits per heavy atom. The quantitative estimate of drug-likeness (QED) is 0.588. The summed E-state index contributed by atoms with van der Waals surface area (Å²) in [5.74, 6) is -1.96. The van der Waals surface area contributed by atoms with Crippen LogP contribution in [-0.2, 0) is 4.74 Å². The van der Waals surface area contributed by atoms with Crippen LogP contribution in [0.1, 0.15) is 43.8 Å². The molecule has 0 unspecified atom stereocenters. The average molecular weight is 225 g/mol. The number of rotatable bonds is 4. The molecule has 0 aliphatic heterocycles. The van der Waals surface area contributed by atoms with E-state index >= 15 is 0 Å². The highest BCUT2D eigenvalue weighted by molar-refractivity contribution is 6.01. The van der Waals surface area contributed by atoms with Crippen LogP contribution < -0.4 is 0 Å². The molecule has 0 saturated heterocycles. The Labute approximate surface area is 91.2 Å². The summed E-state index contributed by atoms with van der Waals surface area (Å²) >= 11 is 0. The first kappa shape index (κ1) is 12.0. The van der Waals surface area contributed by atoms with Crippen LogP contribution in [-0.4, -0.2) is 34.9 Å². The number of carbonyl (C=O) groups is 3. The molecule has 1 aromatic heterocycles. The minimum atomic E-state index is -1.29. The van der Waals surface area contributed by atoms with Gasteiger partial charge >= 0.3 is 11.9 Å². The summed E-state index contributed by atoms with van der Waals surface area (Å²) in [5.41, 5.74) is -0.0432. The maximum atomic E-state index is 11.4. The van der Waals surface area contributed by atoms with Gasteiger partial charge in [0.05, 0.1) is 12.2 Å². The van der Waals surface area contributed by atoms with Crippen molar-refractivity contribution in [2.45, 2.75) is 13.8 Å². The lowest BCUT2D eigenvalue weighted by Gasteiger charge is -1.99. The van der Waals surface area contributed by atoms with Crippen LogP contribution in [0.5, 0.6) is 0 Å². The number of carboxylic acids is 1. The zero-order valence-corrected chi connectivity index (χ0v) is 8.86. The zero-order valence-electron chi connectivity index (χ0n) is 8.86. The Balaban J connectivity index is 3.27. The summed E-state index contributed by atoms with van der Waals surface area (Å²) in [4.78, 5) is 35.3. The van der Waals surface area contributed by atoms with Gasteiger partial charge in [-0.05, 0) is 19.4 Å². The second-order valence-corrected chi connectivity index (χ2v) is 3.06. The first-order valence-electron chi connectivity index (χ1n) is 4.61. The number of aldehydes is 1. The molecule has 0 radical (unpaired) electrons. The van der Waals surface area contributed by atoms with Crippen LogP contribution in [0.2, 0.25) is 0 Å². The number of hydrogen-bond donors (Lipinski definition) is 2. The fourth-order valence-corrected chi connectivity index (χ4v) is 1.33. The smallest absolute Gasteiger partial charge is 0.355 e. The van der Waals surface area contributed by atoms with E-state index in [1.165, 1.54) is 6.92 Å². The predicted molar refractivity (Wildman–Crippen MR) is 53.8 cm³/mol. The third-order valence-corrected chi connectivity index (χ3v) is 2.11. The molecule has 0 saturated carbocycles. The van der Waals surface area contributed by atoms with Gasteiger partial charge in [0.2, 0.25) is 0 Å². The van der Waals surface area contributed by atoms with Crippen LogP contribution in [0.25, 0.3) is 0 Å². The fourth-order valence-electron chi connectivity index (χ4n) is 1.33. The molecular weight excluding hydrogens is 214 g/mol. The third-order valence-electron chi connectivity index (χ3n) is 2.11. The molecule has 1 rings (SSSR count). The van der Waals surface area contributed by atoms with Crippen molar-refractivity contribution in [3.05, 3.63) is 22.5 Å². The summed E-state index contributed by atoms with van der Waals surface area (Å²) in [7, 11) is 0. The van der Waals surface area contributed by atoms with E-state index in [4.69, 9.17) is 9.84 Å². The van der Waals surface area contributed by atoms with Gasteiger partial charge in [-0.25, -0.2) is 9.59 Å². The van der Waals surface area contributed by atoms with Crippen molar-refractivity contribution >= 4 is 18.2 Å². The lowest BCUT2D eigenvalue weighted by atomic mass is 10.1. The van der Waals surface area contributed by atoms with Crippen molar-refractivity contribution in [2.75, 3.05) is 6.61 Å². The van der Waals surface area contributed by atoms with E-state index in [1.807, 2.05) is 0 Å². The molecule has 86 valence electrons. The molecule has 0 aliphatic rings. The van der Waals surface area contributed by atoms with Crippen molar-refractivity contribution in [1.29, 1.82) is 0 Å². The standard InChI is InChI=1S/C10H11NO5/c1-3-16-10(15)7-5(2)6(4-12)8(11-7)9(13)14/h4,11H,3H2,1-2H3,(H,13,14). The lowest BCUT2D eigenvalue weighted by molar-refractivity contribution is 0.0519. The summed E-state index contributed by atoms with van der Waals surface area (Å²) in [6.45, 7) is 3.30. The molecule has 1 aromatic rings. The second-order valence-electron chi connectivity index (χ2n) is 3.06. The molecule has 1 heterocycles. The SMILES string of the molecule is CCOC(=O)c1[nH]c(C(=O)O)c(C=O)c1C. The van der Waals surface area contributed by atoms with E-state index in [1.54, 1.807) is 6.92 Å². The number of hydrogen-bond acceptors (Lipinski definition) is 4. The number of carboxylic acid groups (broad SMARTS) is 1. The largest absolute Gasteiger partial charge is 0.477 e. The van der Waals surface area contributed by atoms with Gasteiger partial charge in [-0.1, -0.05) is 0 Å². The van der Waals surface area contributed by atoms with E-state index in [9.17, 15) is 14.4 Å². The minimum Gasteiger partial charge on any atom is -0.477 e. The first-order valence-corrected chi connectivity index (χ1v) is 4.61. The number of H-pyrrole nitrogens is 1. The zero-order chi connectivity index (χ0) is 12.3. The van der Waals surface area contributed by atoms with Gasteiger partial charge in [0.15, 0.2) is 6.29 Å². The topological polar surface area (TPSA) is 96.5 Å². The van der Waals surface area contributed by atoms with E-state index in [2.05, 4.69) is 4.98 Å². The van der Waals surface area contributed by atoms with Gasteiger partial charge in [-0.2, -0.15) is 0 Å². The monoisotopic (exact) mass is 225 g/mol. The van der Waals surface area contributed by atoms with E-state index in [-0.39, 0.29) is 29.1 Å². The number of aromatic carboxylic acids is 1. The molecular formula is C10H11NO5. The molecule has 2 N–H and O–H groups in total. The van der Waals surface area contributed by atoms with Crippen molar-refractivity contribution in [1.82, 2.24) is 4.98 Å². The average Bonchev–Trinajstić information content (AvgIpc) is 2.55. The van der Waals surface area contributed by atoms with Gasteiger partial charge in [0.1, 0.15) is 11.4 Å². The molecule has 0 aliphatic carbocycles. The highest BCUT2D eigenvalue weighted by atomic mass is 16.5. The predicted octanol–water partition coefficient (Wildman–Crippen LogP) is 1.01. The van der Waals surface area contributed by atoms with Crippen LogP contribution in [0.3, 0.4) is 0 Å². The number of aromatic amines is 1. The number of aromatic nitrogens is 1. The second kappa shape index (κ2) is 4.61. The Kier molecular flexibility index (Phi) is 3.44. The molecule has 0 aromatic carbocycles. The summed E-state index contributed by atoms with van der Waals surface area (Å²) < 4.78 is 4.72. The van der Waals surface area contributed by atoms with Crippen LogP contribution in [0, 0.1) is 6.92 Å². The van der Waals surface area contributed by atoms with Crippen LogP contribution >= 0.6 is 0 Å². The van der Waals surface area contributed by atoms with E-state index < -0.39 is 11.9 Å². The molecule has 0 atom stereocenters. The fraction of sp³-hybridized carbons (Fsp3) is 0.300. The summed E-state index contributed by atoms with van der Waals surface area (Å²) in [6.07, 6.45) is 0.401. The Hall–Kier alpha value is -2.11. The number of ether oxygens (including phenoxy) is 1. The van der Waals surface area contributed by atoms with Crippen molar-refractivity contribution in [3.63, 3.8) is 0 Å². The summed E-state index contributed by atoms with van der Waals surface area (Å²) in [5, 5.41) is 8.80. The number of carbonyl (C=O) groups excluding carboxylic acids is 2. The van der Waals surface area contributed by atoms with Gasteiger partial charge in [-0.15, -0.1) is 0 Å². The minimum absolute atomic E-state index is 0.00125. The van der Waals surface area contributed by atoms with Gasteiger partial charge in [0.25, 0.3) is 0 Å². The Bertz CT molecular complexity index is 446. The first-order chi connectivity index (χ1) is 7.52. The van der Waals surface area contributed by atoms with Gasteiger partial charge < -0.3 is 14.8 Å². The molecule has 0 fully saturated rings. The number of esters is 1. The lowest BCUT2D eigenvalue weighted by Crippen LogP contribution is -2.07. The Morgan fingerprint density at radius 3 is 2.44 bits per heavy atom. The molecule has 16 heavy (non-hydrogen) atoms. The molecule has 6 heteroatoms. The van der Waals surface area contributed by atoms with Gasteiger partial charge in [0, 0.05) is 0 Å². The highest BCUT2D eigenvalue weighted by Gasteiger charge is 2.23. The van der Waals surface area contributed by atoms with E-state index in [0.717, 1.165) is 0 Å². The van der Waals surface area contributed by atoms with Crippen molar-refractivity contribution in [3.8, 4) is 0 Å². The Morgan fingerprint density at radius 1 is 1.44 bits per heavy atom. The van der Waals surface area contributed by atoms with Crippen molar-refractivity contribution in [2.24, 2.45) is 0 Å². The third kappa shape index (κ3) is 1.95. The molecule has 0 spiro atoms. The maximum absolute atomic E-state index is 11.4. The highest BCUT2D eigenvalue weighted by Crippen LogP contribution is 2.17. The van der Waals surface area contributed by atoms with Crippen LogP contribution in [0.15, 0.2) is 0 Å². The van der Waals surface area contributed by atoms with E-state index in [0.29, 0.717) is 6.29 Å². The summed E-state index contributed by atoms with van der Waals surface area (Å²) in [6, 6.07) is 0. The molecule has 6 nitrogen and oxygen atoms in total. The van der Waals surface area contributed by atoms with Crippen molar-refractivity contribution < 1.29 is 24.2 Å². The molecule has 0 bridgehead atoms. The number of nitrogens with one attached hydrogen (secondary N) is 1.